The van der Waals surface area contributed by atoms with E-state index in [4.69, 9.17) is 0 Å². The van der Waals surface area contributed by atoms with Crippen LogP contribution < -0.4 is 0 Å². The fraction of sp³-hybridized carbons (Fsp3) is 0.529. The molecule has 1 aromatic carbocycles. The summed E-state index contributed by atoms with van der Waals surface area (Å²) < 4.78 is 0. The second kappa shape index (κ2) is 4.24. The highest BCUT2D eigenvalue weighted by molar-refractivity contribution is 5.41. The second-order valence-corrected chi connectivity index (χ2v) is 6.07. The lowest BCUT2D eigenvalue weighted by Gasteiger charge is -2.38. The van der Waals surface area contributed by atoms with Crippen LogP contribution in [0.2, 0.25) is 0 Å². The fourth-order valence-electron chi connectivity index (χ4n) is 3.76. The number of likely N-dealkylation sites (tertiary alicyclic amines) is 1. The van der Waals surface area contributed by atoms with Crippen molar-refractivity contribution in [3.8, 4) is 0 Å². The molecule has 1 saturated heterocycles. The molecule has 18 heavy (non-hydrogen) atoms. The Bertz CT molecular complexity index is 488. The molecular formula is C17H23N. The van der Waals surface area contributed by atoms with Gasteiger partial charge in [-0.2, -0.15) is 0 Å². The summed E-state index contributed by atoms with van der Waals surface area (Å²) in [4.78, 5) is 2.55. The summed E-state index contributed by atoms with van der Waals surface area (Å²) >= 11 is 0. The van der Waals surface area contributed by atoms with E-state index in [1.165, 1.54) is 42.5 Å². The van der Waals surface area contributed by atoms with Crippen molar-refractivity contribution in [2.24, 2.45) is 0 Å². The fourth-order valence-corrected chi connectivity index (χ4v) is 3.76. The van der Waals surface area contributed by atoms with Crippen LogP contribution in [0.1, 0.15) is 36.0 Å². The van der Waals surface area contributed by atoms with Gasteiger partial charge in [-0.15, -0.1) is 0 Å². The lowest BCUT2D eigenvalue weighted by Crippen LogP contribution is -2.41. The van der Waals surface area contributed by atoms with Gasteiger partial charge in [-0.1, -0.05) is 30.4 Å². The van der Waals surface area contributed by atoms with Crippen LogP contribution in [-0.4, -0.2) is 24.5 Å². The zero-order valence-electron chi connectivity index (χ0n) is 11.7. The maximum atomic E-state index is 2.55. The molecule has 1 heterocycles. The molecule has 1 fully saturated rings. The predicted molar refractivity (Wildman–Crippen MR) is 77.0 cm³/mol. The molecule has 0 spiro atoms. The van der Waals surface area contributed by atoms with Crippen molar-refractivity contribution >= 4 is 0 Å². The Hall–Kier alpha value is -1.08. The molecule has 2 unspecified atom stereocenters. The highest BCUT2D eigenvalue weighted by Gasteiger charge is 2.46. The molecule has 2 atom stereocenters. The zero-order chi connectivity index (χ0) is 12.8. The third-order valence-corrected chi connectivity index (χ3v) is 5.07. The molecule has 0 radical (unpaired) electrons. The van der Waals surface area contributed by atoms with Crippen LogP contribution in [-0.2, 0) is 5.41 Å². The van der Waals surface area contributed by atoms with E-state index in [0.717, 1.165) is 0 Å². The summed E-state index contributed by atoms with van der Waals surface area (Å²) in [6.07, 6.45) is 8.70. The van der Waals surface area contributed by atoms with Gasteiger partial charge in [0.15, 0.2) is 0 Å². The number of nitrogens with zero attached hydrogens (tertiary/aromatic N) is 1. The number of hydrogen-bond acceptors (Lipinski definition) is 1. The molecule has 1 aliphatic carbocycles. The van der Waals surface area contributed by atoms with E-state index in [9.17, 15) is 0 Å². The number of likely N-dealkylation sites (N-methyl/N-ethyl adjacent to an activating group) is 1. The van der Waals surface area contributed by atoms with Gasteiger partial charge in [0.1, 0.15) is 0 Å². The van der Waals surface area contributed by atoms with Gasteiger partial charge in [0.05, 0.1) is 0 Å². The molecule has 0 saturated carbocycles. The molecule has 1 aliphatic heterocycles. The highest BCUT2D eigenvalue weighted by atomic mass is 15.2. The Morgan fingerprint density at radius 1 is 1.22 bits per heavy atom. The van der Waals surface area contributed by atoms with E-state index in [-0.39, 0.29) is 5.41 Å². The Labute approximate surface area is 111 Å². The molecule has 0 amide bonds. The molecule has 0 N–H and O–H groups in total. The average Bonchev–Trinajstić information content (AvgIpc) is 2.72. The van der Waals surface area contributed by atoms with Gasteiger partial charge >= 0.3 is 0 Å². The van der Waals surface area contributed by atoms with Crippen LogP contribution in [0, 0.1) is 13.8 Å². The standard InChI is InChI=1S/C17H23N/c1-13-7-8-15(12-14(13)2)17-9-5-4-6-16(17)18(3)11-10-17/h5,7-9,12,16H,4,6,10-11H2,1-3H3. The number of fused-ring (bicyclic) bond motifs is 1. The van der Waals surface area contributed by atoms with Crippen molar-refractivity contribution in [1.29, 1.82) is 0 Å². The first-order valence-electron chi connectivity index (χ1n) is 7.09. The van der Waals surface area contributed by atoms with Gasteiger partial charge in [-0.25, -0.2) is 0 Å². The van der Waals surface area contributed by atoms with Crippen molar-refractivity contribution in [2.75, 3.05) is 13.6 Å². The molecule has 0 aromatic heterocycles. The van der Waals surface area contributed by atoms with Crippen LogP contribution in [0.15, 0.2) is 30.4 Å². The number of rotatable bonds is 1. The monoisotopic (exact) mass is 241 g/mol. The van der Waals surface area contributed by atoms with Crippen LogP contribution in [0.5, 0.6) is 0 Å². The summed E-state index contributed by atoms with van der Waals surface area (Å²) in [5.74, 6) is 0. The van der Waals surface area contributed by atoms with Gasteiger partial charge in [-0.3, -0.25) is 0 Å². The first-order chi connectivity index (χ1) is 8.63. The van der Waals surface area contributed by atoms with Crippen molar-refractivity contribution in [2.45, 2.75) is 44.6 Å². The van der Waals surface area contributed by atoms with E-state index < -0.39 is 0 Å². The summed E-state index contributed by atoms with van der Waals surface area (Å²) in [5, 5.41) is 0. The lowest BCUT2D eigenvalue weighted by atomic mass is 9.69. The molecule has 1 aromatic rings. The summed E-state index contributed by atoms with van der Waals surface area (Å²) in [7, 11) is 2.28. The number of allylic oxidation sites excluding steroid dienone is 1. The molecule has 3 rings (SSSR count). The van der Waals surface area contributed by atoms with Crippen LogP contribution >= 0.6 is 0 Å². The second-order valence-electron chi connectivity index (χ2n) is 6.07. The number of aryl methyl sites for hydroxylation is 2. The maximum Gasteiger partial charge on any atom is 0.0300 e. The lowest BCUT2D eigenvalue weighted by molar-refractivity contribution is 0.249. The largest absolute Gasteiger partial charge is 0.302 e. The van der Waals surface area contributed by atoms with E-state index in [1.54, 1.807) is 0 Å². The average molecular weight is 241 g/mol. The minimum absolute atomic E-state index is 0.283. The number of hydrogen-bond donors (Lipinski definition) is 0. The van der Waals surface area contributed by atoms with Crippen LogP contribution in [0.25, 0.3) is 0 Å². The third kappa shape index (κ3) is 1.65. The first kappa shape index (κ1) is 12.0. The first-order valence-corrected chi connectivity index (χ1v) is 7.09. The van der Waals surface area contributed by atoms with Gasteiger partial charge < -0.3 is 4.90 Å². The molecule has 1 heteroatoms. The Morgan fingerprint density at radius 3 is 2.83 bits per heavy atom. The van der Waals surface area contributed by atoms with E-state index in [0.29, 0.717) is 6.04 Å². The summed E-state index contributed by atoms with van der Waals surface area (Å²) in [6.45, 7) is 5.66. The summed E-state index contributed by atoms with van der Waals surface area (Å²) in [6, 6.07) is 7.75. The predicted octanol–water partition coefficient (Wildman–Crippen LogP) is 3.60. The van der Waals surface area contributed by atoms with Crippen molar-refractivity contribution in [1.82, 2.24) is 4.90 Å². The Morgan fingerprint density at radius 2 is 2.06 bits per heavy atom. The minimum atomic E-state index is 0.283. The minimum Gasteiger partial charge on any atom is -0.302 e. The third-order valence-electron chi connectivity index (χ3n) is 5.07. The normalized spacial score (nSPS) is 31.6. The van der Waals surface area contributed by atoms with Crippen LogP contribution in [0.4, 0.5) is 0 Å². The van der Waals surface area contributed by atoms with Gasteiger partial charge in [0.25, 0.3) is 0 Å². The van der Waals surface area contributed by atoms with E-state index in [1.807, 2.05) is 0 Å². The molecular weight excluding hydrogens is 218 g/mol. The van der Waals surface area contributed by atoms with Crippen molar-refractivity contribution in [3.05, 3.63) is 47.0 Å². The van der Waals surface area contributed by atoms with Crippen molar-refractivity contribution in [3.63, 3.8) is 0 Å². The van der Waals surface area contributed by atoms with Gasteiger partial charge in [0.2, 0.25) is 0 Å². The van der Waals surface area contributed by atoms with Gasteiger partial charge in [-0.05, 0) is 63.4 Å². The summed E-state index contributed by atoms with van der Waals surface area (Å²) in [5.41, 5.74) is 4.63. The topological polar surface area (TPSA) is 3.24 Å². The van der Waals surface area contributed by atoms with E-state index in [2.05, 4.69) is 56.1 Å². The molecule has 96 valence electrons. The zero-order valence-corrected chi connectivity index (χ0v) is 11.7. The maximum absolute atomic E-state index is 2.55. The Balaban J connectivity index is 2.09. The smallest absolute Gasteiger partial charge is 0.0300 e. The van der Waals surface area contributed by atoms with Crippen LogP contribution in [0.3, 0.4) is 0 Å². The molecule has 1 nitrogen and oxygen atoms in total. The number of benzene rings is 1. The quantitative estimate of drug-likeness (QED) is 0.679. The SMILES string of the molecule is Cc1ccc(C23C=CCCC2N(C)CC3)cc1C. The van der Waals surface area contributed by atoms with E-state index >= 15 is 0 Å². The van der Waals surface area contributed by atoms with Crippen molar-refractivity contribution < 1.29 is 0 Å². The Kier molecular flexibility index (Phi) is 2.82. The van der Waals surface area contributed by atoms with Gasteiger partial charge in [0, 0.05) is 11.5 Å². The molecule has 2 aliphatic rings. The molecule has 0 bridgehead atoms. The highest BCUT2D eigenvalue weighted by Crippen LogP contribution is 2.45.